The summed E-state index contributed by atoms with van der Waals surface area (Å²) in [6.07, 6.45) is 3.57. The molecule has 5 heteroatoms. The molecule has 1 aromatic carbocycles. The summed E-state index contributed by atoms with van der Waals surface area (Å²) in [6, 6.07) is 8.72. The Labute approximate surface area is 123 Å². The van der Waals surface area contributed by atoms with Gasteiger partial charge in [0.1, 0.15) is 5.75 Å². The van der Waals surface area contributed by atoms with Gasteiger partial charge in [-0.25, -0.2) is 5.43 Å². The zero-order valence-corrected chi connectivity index (χ0v) is 12.4. The molecule has 5 nitrogen and oxygen atoms in total. The first-order chi connectivity index (χ1) is 9.99. The number of hydrogen-bond donors (Lipinski definition) is 2. The number of hydrogen-bond acceptors (Lipinski definition) is 3. The second kappa shape index (κ2) is 6.26. The number of carbonyl (C=O) groups excluding carboxylic acids is 1. The van der Waals surface area contributed by atoms with Crippen molar-refractivity contribution in [2.24, 2.45) is 5.10 Å². The number of carbonyl (C=O) groups is 1. The SMILES string of the molecule is Cc1cc(/C=N/NC(=O)c2ccccc2O)cn1C(C)C. The molecule has 2 N–H and O–H groups in total. The molecule has 2 rings (SSSR count). The van der Waals surface area contributed by atoms with Crippen molar-refractivity contribution in [2.75, 3.05) is 0 Å². The molecule has 0 fully saturated rings. The number of aromatic hydroxyl groups is 1. The van der Waals surface area contributed by atoms with Crippen LogP contribution < -0.4 is 5.43 Å². The summed E-state index contributed by atoms with van der Waals surface area (Å²) in [5.74, 6) is -0.503. The molecule has 0 atom stereocenters. The van der Waals surface area contributed by atoms with Crippen molar-refractivity contribution in [3.8, 4) is 5.75 Å². The summed E-state index contributed by atoms with van der Waals surface area (Å²) in [7, 11) is 0. The van der Waals surface area contributed by atoms with E-state index in [0.29, 0.717) is 6.04 Å². The topological polar surface area (TPSA) is 66.6 Å². The molecule has 21 heavy (non-hydrogen) atoms. The summed E-state index contributed by atoms with van der Waals surface area (Å²) in [4.78, 5) is 11.8. The van der Waals surface area contributed by atoms with Crippen LogP contribution in [0.3, 0.4) is 0 Å². The van der Waals surface area contributed by atoms with E-state index in [2.05, 4.69) is 28.9 Å². The summed E-state index contributed by atoms with van der Waals surface area (Å²) >= 11 is 0. The van der Waals surface area contributed by atoms with Gasteiger partial charge in [0, 0.05) is 23.5 Å². The molecule has 0 saturated heterocycles. The molecule has 0 aliphatic heterocycles. The molecule has 2 aromatic rings. The predicted molar refractivity (Wildman–Crippen MR) is 82.7 cm³/mol. The summed E-state index contributed by atoms with van der Waals surface area (Å²) in [6.45, 7) is 6.24. The van der Waals surface area contributed by atoms with Gasteiger partial charge in [-0.1, -0.05) is 12.1 Å². The van der Waals surface area contributed by atoms with Crippen molar-refractivity contribution in [1.29, 1.82) is 0 Å². The third-order valence-electron chi connectivity index (χ3n) is 3.16. The van der Waals surface area contributed by atoms with Gasteiger partial charge < -0.3 is 9.67 Å². The quantitative estimate of drug-likeness (QED) is 0.670. The smallest absolute Gasteiger partial charge is 0.275 e. The zero-order valence-electron chi connectivity index (χ0n) is 12.4. The third-order valence-corrected chi connectivity index (χ3v) is 3.16. The highest BCUT2D eigenvalue weighted by molar-refractivity contribution is 5.97. The Morgan fingerprint density at radius 3 is 2.71 bits per heavy atom. The van der Waals surface area contributed by atoms with Crippen molar-refractivity contribution < 1.29 is 9.90 Å². The van der Waals surface area contributed by atoms with Gasteiger partial charge in [-0.3, -0.25) is 4.79 Å². The summed E-state index contributed by atoms with van der Waals surface area (Å²) < 4.78 is 2.13. The van der Waals surface area contributed by atoms with Crippen LogP contribution in [0.2, 0.25) is 0 Å². The maximum atomic E-state index is 11.8. The lowest BCUT2D eigenvalue weighted by molar-refractivity contribution is 0.0952. The molecule has 1 aromatic heterocycles. The Morgan fingerprint density at radius 2 is 2.10 bits per heavy atom. The number of rotatable bonds is 4. The molecular formula is C16H19N3O2. The monoisotopic (exact) mass is 285 g/mol. The van der Waals surface area contributed by atoms with Crippen LogP contribution in [0.25, 0.3) is 0 Å². The van der Waals surface area contributed by atoms with Crippen LogP contribution in [-0.2, 0) is 0 Å². The minimum atomic E-state index is -0.440. The standard InChI is InChI=1S/C16H19N3O2/c1-11(2)19-10-13(8-12(19)3)9-17-18-16(21)14-6-4-5-7-15(14)20/h4-11,20H,1-3H3,(H,18,21)/b17-9+. The number of amides is 1. The lowest BCUT2D eigenvalue weighted by Gasteiger charge is -2.08. The molecule has 0 spiro atoms. The highest BCUT2D eigenvalue weighted by atomic mass is 16.3. The van der Waals surface area contributed by atoms with E-state index < -0.39 is 5.91 Å². The second-order valence-electron chi connectivity index (χ2n) is 5.13. The Balaban J connectivity index is 2.04. The van der Waals surface area contributed by atoms with Crippen molar-refractivity contribution in [3.63, 3.8) is 0 Å². The Morgan fingerprint density at radius 1 is 1.38 bits per heavy atom. The summed E-state index contributed by atoms with van der Waals surface area (Å²) in [5, 5.41) is 13.5. The predicted octanol–water partition coefficient (Wildman–Crippen LogP) is 2.85. The fraction of sp³-hybridized carbons (Fsp3) is 0.250. The van der Waals surface area contributed by atoms with Gasteiger partial charge in [0.2, 0.25) is 0 Å². The molecule has 110 valence electrons. The van der Waals surface area contributed by atoms with E-state index in [1.807, 2.05) is 19.2 Å². The average Bonchev–Trinajstić information content (AvgIpc) is 2.80. The number of nitrogens with zero attached hydrogens (tertiary/aromatic N) is 2. The third kappa shape index (κ3) is 3.51. The molecule has 1 amide bonds. The molecule has 1 heterocycles. The maximum Gasteiger partial charge on any atom is 0.275 e. The first kappa shape index (κ1) is 14.8. The van der Waals surface area contributed by atoms with E-state index in [1.165, 1.54) is 6.07 Å². The fourth-order valence-electron chi connectivity index (χ4n) is 2.13. The molecule has 0 aliphatic rings. The molecule has 0 saturated carbocycles. The van der Waals surface area contributed by atoms with Gasteiger partial charge in [-0.15, -0.1) is 0 Å². The lowest BCUT2D eigenvalue weighted by atomic mass is 10.2. The maximum absolute atomic E-state index is 11.8. The van der Waals surface area contributed by atoms with Gasteiger partial charge in [-0.2, -0.15) is 5.10 Å². The number of aromatic nitrogens is 1. The van der Waals surface area contributed by atoms with Crippen molar-refractivity contribution in [3.05, 3.63) is 53.3 Å². The number of para-hydroxylation sites is 1. The number of hydrazone groups is 1. The van der Waals surface area contributed by atoms with Crippen molar-refractivity contribution in [1.82, 2.24) is 9.99 Å². The fourth-order valence-corrected chi connectivity index (χ4v) is 2.13. The lowest BCUT2D eigenvalue weighted by Crippen LogP contribution is -2.17. The van der Waals surface area contributed by atoms with Crippen molar-refractivity contribution >= 4 is 12.1 Å². The number of aryl methyl sites for hydroxylation is 1. The van der Waals surface area contributed by atoms with Crippen LogP contribution in [0.1, 0.15) is 41.5 Å². The largest absolute Gasteiger partial charge is 0.507 e. The molecule has 0 bridgehead atoms. The minimum absolute atomic E-state index is 0.0630. The normalized spacial score (nSPS) is 11.2. The highest BCUT2D eigenvalue weighted by Crippen LogP contribution is 2.15. The number of phenolic OH excluding ortho intramolecular Hbond substituents is 1. The van der Waals surface area contributed by atoms with E-state index in [4.69, 9.17) is 0 Å². The van der Waals surface area contributed by atoms with Gasteiger partial charge in [0.05, 0.1) is 11.8 Å². The van der Waals surface area contributed by atoms with Gasteiger partial charge in [-0.05, 0) is 39.0 Å². The first-order valence-electron chi connectivity index (χ1n) is 6.79. The number of nitrogens with one attached hydrogen (secondary N) is 1. The molecule has 0 radical (unpaired) electrons. The van der Waals surface area contributed by atoms with Crippen molar-refractivity contribution in [2.45, 2.75) is 26.8 Å². The second-order valence-corrected chi connectivity index (χ2v) is 5.13. The van der Waals surface area contributed by atoms with E-state index >= 15 is 0 Å². The van der Waals surface area contributed by atoms with Crippen LogP contribution in [0, 0.1) is 6.92 Å². The van der Waals surface area contributed by atoms with Crippen LogP contribution in [0.5, 0.6) is 5.75 Å². The molecule has 0 aliphatic carbocycles. The van der Waals surface area contributed by atoms with Gasteiger partial charge in [0.25, 0.3) is 5.91 Å². The summed E-state index contributed by atoms with van der Waals surface area (Å²) in [5.41, 5.74) is 4.66. The van der Waals surface area contributed by atoms with Crippen LogP contribution >= 0.6 is 0 Å². The van der Waals surface area contributed by atoms with Gasteiger partial charge in [0.15, 0.2) is 0 Å². The zero-order chi connectivity index (χ0) is 15.4. The van der Waals surface area contributed by atoms with E-state index in [0.717, 1.165) is 11.3 Å². The average molecular weight is 285 g/mol. The minimum Gasteiger partial charge on any atom is -0.507 e. The highest BCUT2D eigenvalue weighted by Gasteiger charge is 2.08. The van der Waals surface area contributed by atoms with Crippen LogP contribution in [0.4, 0.5) is 0 Å². The van der Waals surface area contributed by atoms with E-state index in [9.17, 15) is 9.90 Å². The Kier molecular flexibility index (Phi) is 4.42. The molecular weight excluding hydrogens is 266 g/mol. The number of benzene rings is 1. The molecule has 0 unspecified atom stereocenters. The number of phenols is 1. The van der Waals surface area contributed by atoms with Crippen LogP contribution in [0.15, 0.2) is 41.6 Å². The van der Waals surface area contributed by atoms with E-state index in [1.54, 1.807) is 24.4 Å². The first-order valence-corrected chi connectivity index (χ1v) is 6.79. The van der Waals surface area contributed by atoms with Gasteiger partial charge >= 0.3 is 0 Å². The Hall–Kier alpha value is -2.56. The Bertz CT molecular complexity index is 672. The van der Waals surface area contributed by atoms with E-state index in [-0.39, 0.29) is 11.3 Å². The van der Waals surface area contributed by atoms with Crippen LogP contribution in [-0.4, -0.2) is 21.8 Å².